The molecule has 0 bridgehead atoms. The number of rotatable bonds is 5. The Balaban J connectivity index is 1.61. The lowest BCUT2D eigenvalue weighted by atomic mass is 9.85. The normalized spacial score (nSPS) is 31.6. The molecule has 1 N–H and O–H groups in total. The van der Waals surface area contributed by atoms with Crippen LogP contribution in [0.5, 0.6) is 0 Å². The molecule has 0 unspecified atom stereocenters. The molecule has 17 heavy (non-hydrogen) atoms. The molecule has 0 saturated heterocycles. The Labute approximate surface area is 107 Å². The van der Waals surface area contributed by atoms with Crippen LogP contribution in [0.4, 0.5) is 0 Å². The molecule has 0 spiro atoms. The average molecular weight is 239 g/mol. The first kappa shape index (κ1) is 13.4. The first-order valence-electron chi connectivity index (χ1n) is 7.72. The summed E-state index contributed by atoms with van der Waals surface area (Å²) in [4.78, 5) is 0. The van der Waals surface area contributed by atoms with E-state index in [1.54, 1.807) is 0 Å². The number of ether oxygens (including phenoxy) is 1. The fraction of sp³-hybridized carbons (Fsp3) is 1.00. The van der Waals surface area contributed by atoms with Gasteiger partial charge in [0.25, 0.3) is 0 Å². The maximum Gasteiger partial charge on any atom is 0.0494 e. The Morgan fingerprint density at radius 1 is 0.882 bits per heavy atom. The monoisotopic (exact) mass is 239 g/mol. The number of nitrogens with one attached hydrogen (secondary N) is 1. The molecule has 100 valence electrons. The SMILES string of the molecule is CCOC[C@H]1CC[C@H](NC2CCCCC2)CC1. The Kier molecular flexibility index (Phi) is 5.79. The third-order valence-electron chi connectivity index (χ3n) is 4.48. The largest absolute Gasteiger partial charge is 0.381 e. The van der Waals surface area contributed by atoms with Crippen LogP contribution in [0.25, 0.3) is 0 Å². The molecule has 0 amide bonds. The van der Waals surface area contributed by atoms with E-state index in [0.29, 0.717) is 0 Å². The lowest BCUT2D eigenvalue weighted by Crippen LogP contribution is -2.41. The van der Waals surface area contributed by atoms with Gasteiger partial charge in [-0.3, -0.25) is 0 Å². The predicted molar refractivity (Wildman–Crippen MR) is 72.2 cm³/mol. The highest BCUT2D eigenvalue weighted by Gasteiger charge is 2.23. The van der Waals surface area contributed by atoms with Crippen molar-refractivity contribution >= 4 is 0 Å². The molecule has 0 atom stereocenters. The highest BCUT2D eigenvalue weighted by atomic mass is 16.5. The van der Waals surface area contributed by atoms with Crippen molar-refractivity contribution in [3.05, 3.63) is 0 Å². The van der Waals surface area contributed by atoms with Crippen LogP contribution in [-0.4, -0.2) is 25.3 Å². The van der Waals surface area contributed by atoms with Gasteiger partial charge in [-0.2, -0.15) is 0 Å². The van der Waals surface area contributed by atoms with Gasteiger partial charge in [-0.25, -0.2) is 0 Å². The second-order valence-electron chi connectivity index (χ2n) is 5.88. The summed E-state index contributed by atoms with van der Waals surface area (Å²) in [6.07, 6.45) is 12.6. The van der Waals surface area contributed by atoms with Crippen LogP contribution in [0.15, 0.2) is 0 Å². The molecule has 2 aliphatic rings. The minimum absolute atomic E-state index is 0.802. The van der Waals surface area contributed by atoms with E-state index in [4.69, 9.17) is 4.74 Å². The summed E-state index contributed by atoms with van der Waals surface area (Å²) in [6, 6.07) is 1.63. The van der Waals surface area contributed by atoms with Gasteiger partial charge in [-0.1, -0.05) is 19.3 Å². The highest BCUT2D eigenvalue weighted by Crippen LogP contribution is 2.26. The van der Waals surface area contributed by atoms with E-state index in [1.807, 2.05) is 0 Å². The van der Waals surface area contributed by atoms with Crippen LogP contribution in [0.1, 0.15) is 64.7 Å². The zero-order valence-electron chi connectivity index (χ0n) is 11.4. The topological polar surface area (TPSA) is 21.3 Å². The standard InChI is InChI=1S/C15H29NO/c1-2-17-12-13-8-10-15(11-9-13)16-14-6-4-3-5-7-14/h13-16H,2-12H2,1H3/t13-,15-. The van der Waals surface area contributed by atoms with Crippen LogP contribution >= 0.6 is 0 Å². The molecule has 0 aromatic heterocycles. The highest BCUT2D eigenvalue weighted by molar-refractivity contribution is 4.81. The summed E-state index contributed by atoms with van der Waals surface area (Å²) in [6.45, 7) is 3.96. The first-order chi connectivity index (χ1) is 8.38. The molecule has 0 radical (unpaired) electrons. The third-order valence-corrected chi connectivity index (χ3v) is 4.48. The van der Waals surface area contributed by atoms with Gasteiger partial charge in [-0.15, -0.1) is 0 Å². The third kappa shape index (κ3) is 4.59. The van der Waals surface area contributed by atoms with Crippen LogP contribution < -0.4 is 5.32 Å². The van der Waals surface area contributed by atoms with Gasteiger partial charge >= 0.3 is 0 Å². The van der Waals surface area contributed by atoms with Gasteiger partial charge in [-0.05, 0) is 51.4 Å². The molecule has 2 nitrogen and oxygen atoms in total. The predicted octanol–water partition coefficient (Wildman–Crippen LogP) is 3.50. The van der Waals surface area contributed by atoms with E-state index in [9.17, 15) is 0 Å². The van der Waals surface area contributed by atoms with E-state index in [-0.39, 0.29) is 0 Å². The van der Waals surface area contributed by atoms with Crippen molar-refractivity contribution in [1.29, 1.82) is 0 Å². The fourth-order valence-electron chi connectivity index (χ4n) is 3.38. The number of hydrogen-bond acceptors (Lipinski definition) is 2. The quantitative estimate of drug-likeness (QED) is 0.793. The van der Waals surface area contributed by atoms with Crippen LogP contribution in [0.2, 0.25) is 0 Å². The summed E-state index contributed by atoms with van der Waals surface area (Å²) in [7, 11) is 0. The maximum atomic E-state index is 5.54. The molecular formula is C15H29NO. The van der Waals surface area contributed by atoms with Crippen LogP contribution in [0.3, 0.4) is 0 Å². The van der Waals surface area contributed by atoms with Crippen LogP contribution in [-0.2, 0) is 4.74 Å². The molecular weight excluding hydrogens is 210 g/mol. The summed E-state index contributed by atoms with van der Waals surface area (Å²) in [5.41, 5.74) is 0. The lowest BCUT2D eigenvalue weighted by Gasteiger charge is -2.33. The van der Waals surface area contributed by atoms with E-state index in [2.05, 4.69) is 12.2 Å². The molecule has 2 aliphatic carbocycles. The summed E-state index contributed by atoms with van der Waals surface area (Å²) >= 11 is 0. The van der Waals surface area contributed by atoms with E-state index in [1.165, 1.54) is 57.8 Å². The second kappa shape index (κ2) is 7.38. The molecule has 2 saturated carbocycles. The van der Waals surface area contributed by atoms with Crippen LogP contribution in [0, 0.1) is 5.92 Å². The molecule has 0 aliphatic heterocycles. The first-order valence-corrected chi connectivity index (χ1v) is 7.72. The van der Waals surface area contributed by atoms with E-state index in [0.717, 1.165) is 31.2 Å². The Bertz CT molecular complexity index is 193. The summed E-state index contributed by atoms with van der Waals surface area (Å²) in [5, 5.41) is 3.89. The molecule has 0 aromatic rings. The molecule has 2 fully saturated rings. The minimum atomic E-state index is 0.802. The zero-order valence-corrected chi connectivity index (χ0v) is 11.4. The molecule has 0 aromatic carbocycles. The Morgan fingerprint density at radius 2 is 1.53 bits per heavy atom. The second-order valence-corrected chi connectivity index (χ2v) is 5.88. The van der Waals surface area contributed by atoms with Gasteiger partial charge in [0, 0.05) is 25.3 Å². The van der Waals surface area contributed by atoms with Gasteiger partial charge in [0.15, 0.2) is 0 Å². The fourth-order valence-corrected chi connectivity index (χ4v) is 3.38. The smallest absolute Gasteiger partial charge is 0.0494 e. The zero-order chi connectivity index (χ0) is 11.9. The van der Waals surface area contributed by atoms with Crippen molar-refractivity contribution in [3.8, 4) is 0 Å². The summed E-state index contributed by atoms with van der Waals surface area (Å²) in [5.74, 6) is 0.833. The Morgan fingerprint density at radius 3 is 2.18 bits per heavy atom. The molecule has 2 rings (SSSR count). The summed E-state index contributed by atoms with van der Waals surface area (Å²) < 4.78 is 5.54. The lowest BCUT2D eigenvalue weighted by molar-refractivity contribution is 0.0884. The van der Waals surface area contributed by atoms with E-state index < -0.39 is 0 Å². The van der Waals surface area contributed by atoms with Crippen molar-refractivity contribution in [1.82, 2.24) is 5.32 Å². The van der Waals surface area contributed by atoms with Gasteiger partial charge in [0.1, 0.15) is 0 Å². The average Bonchev–Trinajstić information content (AvgIpc) is 2.39. The molecule has 2 heteroatoms. The van der Waals surface area contributed by atoms with Crippen molar-refractivity contribution in [2.45, 2.75) is 76.8 Å². The van der Waals surface area contributed by atoms with Crippen molar-refractivity contribution in [3.63, 3.8) is 0 Å². The van der Waals surface area contributed by atoms with Crippen molar-refractivity contribution in [2.24, 2.45) is 5.92 Å². The number of hydrogen-bond donors (Lipinski definition) is 1. The van der Waals surface area contributed by atoms with Crippen molar-refractivity contribution in [2.75, 3.05) is 13.2 Å². The molecule has 0 heterocycles. The van der Waals surface area contributed by atoms with Gasteiger partial charge in [0.2, 0.25) is 0 Å². The van der Waals surface area contributed by atoms with Gasteiger partial charge < -0.3 is 10.1 Å². The maximum absolute atomic E-state index is 5.54. The van der Waals surface area contributed by atoms with Crippen molar-refractivity contribution < 1.29 is 4.74 Å². The van der Waals surface area contributed by atoms with E-state index >= 15 is 0 Å². The Hall–Kier alpha value is -0.0800. The minimum Gasteiger partial charge on any atom is -0.381 e. The van der Waals surface area contributed by atoms with Gasteiger partial charge in [0.05, 0.1) is 0 Å².